The Morgan fingerprint density at radius 1 is 1.06 bits per heavy atom. The minimum absolute atomic E-state index is 0.395. The van der Waals surface area contributed by atoms with Crippen LogP contribution in [0, 0.1) is 17.8 Å². The van der Waals surface area contributed by atoms with Gasteiger partial charge in [0.25, 0.3) is 0 Å². The van der Waals surface area contributed by atoms with Gasteiger partial charge in [-0.2, -0.15) is 0 Å². The van der Waals surface area contributed by atoms with Crippen LogP contribution in [0.15, 0.2) is 24.3 Å². The summed E-state index contributed by atoms with van der Waals surface area (Å²) in [5.41, 5.74) is 2.72. The van der Waals surface area contributed by atoms with Crippen LogP contribution < -0.4 is 0 Å². The Hall–Kier alpha value is -1.24. The van der Waals surface area contributed by atoms with E-state index in [0.717, 1.165) is 17.8 Å². The largest absolute Gasteiger partial charge is 0.508 e. The third kappa shape index (κ3) is 1.46. The molecule has 1 N–H and O–H groups in total. The smallest absolute Gasteiger partial charge is 0.116 e. The van der Waals surface area contributed by atoms with E-state index < -0.39 is 0 Å². The second-order valence-electron chi connectivity index (χ2n) is 6.29. The van der Waals surface area contributed by atoms with Gasteiger partial charge in [0, 0.05) is 0 Å². The molecule has 3 aliphatic carbocycles. The molecule has 94 valence electrons. The highest BCUT2D eigenvalue weighted by Crippen LogP contribution is 2.53. The zero-order chi connectivity index (χ0) is 12.1. The Kier molecular flexibility index (Phi) is 2.30. The van der Waals surface area contributed by atoms with E-state index >= 15 is 0 Å². The molecule has 0 aliphatic heterocycles. The second kappa shape index (κ2) is 3.88. The first-order valence-electron chi connectivity index (χ1n) is 7.34. The van der Waals surface area contributed by atoms with Crippen LogP contribution in [0.25, 0.3) is 6.08 Å². The minimum atomic E-state index is 0.395. The average molecular weight is 240 g/mol. The Morgan fingerprint density at radius 2 is 2.00 bits per heavy atom. The van der Waals surface area contributed by atoms with E-state index in [1.165, 1.54) is 43.2 Å². The molecule has 1 nitrogen and oxygen atoms in total. The van der Waals surface area contributed by atoms with E-state index in [0.29, 0.717) is 11.7 Å². The molecule has 2 saturated carbocycles. The maximum atomic E-state index is 9.60. The fourth-order valence-electron chi connectivity index (χ4n) is 4.71. The van der Waals surface area contributed by atoms with Crippen molar-refractivity contribution in [2.24, 2.45) is 17.8 Å². The molecule has 0 saturated heterocycles. The first kappa shape index (κ1) is 10.7. The van der Waals surface area contributed by atoms with Gasteiger partial charge in [-0.3, -0.25) is 0 Å². The van der Waals surface area contributed by atoms with Crippen molar-refractivity contribution in [3.05, 3.63) is 35.4 Å². The van der Waals surface area contributed by atoms with Gasteiger partial charge in [0.05, 0.1) is 0 Å². The van der Waals surface area contributed by atoms with Crippen LogP contribution in [0.2, 0.25) is 0 Å². The Morgan fingerprint density at radius 3 is 2.94 bits per heavy atom. The van der Waals surface area contributed by atoms with Gasteiger partial charge in [0.2, 0.25) is 0 Å². The van der Waals surface area contributed by atoms with E-state index in [1.54, 1.807) is 0 Å². The molecule has 4 rings (SSSR count). The van der Waals surface area contributed by atoms with Crippen molar-refractivity contribution in [2.75, 3.05) is 0 Å². The molecule has 4 atom stereocenters. The molecular weight excluding hydrogens is 220 g/mol. The van der Waals surface area contributed by atoms with Crippen molar-refractivity contribution in [1.29, 1.82) is 0 Å². The maximum Gasteiger partial charge on any atom is 0.116 e. The number of allylic oxidation sites excluding steroid dienone is 1. The lowest BCUT2D eigenvalue weighted by Gasteiger charge is -2.41. The van der Waals surface area contributed by atoms with E-state index in [-0.39, 0.29) is 0 Å². The SMILES string of the molecule is Oc1ccc2c(c1)C=CC1C2CCC2CCCC21. The summed E-state index contributed by atoms with van der Waals surface area (Å²) in [5, 5.41) is 9.60. The van der Waals surface area contributed by atoms with Crippen LogP contribution in [0.3, 0.4) is 0 Å². The molecule has 0 aromatic heterocycles. The molecule has 0 bridgehead atoms. The molecule has 3 aliphatic rings. The monoisotopic (exact) mass is 240 g/mol. The third-order valence-electron chi connectivity index (χ3n) is 5.49. The van der Waals surface area contributed by atoms with Crippen LogP contribution in [0.5, 0.6) is 5.75 Å². The number of fused-ring (bicyclic) bond motifs is 5. The highest BCUT2D eigenvalue weighted by Gasteiger charge is 2.42. The van der Waals surface area contributed by atoms with Gasteiger partial charge in [0.1, 0.15) is 5.75 Å². The molecule has 1 heteroatoms. The number of aromatic hydroxyl groups is 1. The zero-order valence-electron chi connectivity index (χ0n) is 10.7. The van der Waals surface area contributed by atoms with Crippen molar-refractivity contribution >= 4 is 6.08 Å². The summed E-state index contributed by atoms with van der Waals surface area (Å²) >= 11 is 0. The van der Waals surface area contributed by atoms with Crippen LogP contribution >= 0.6 is 0 Å². The summed E-state index contributed by atoms with van der Waals surface area (Å²) in [4.78, 5) is 0. The number of phenols is 1. The van der Waals surface area contributed by atoms with E-state index in [2.05, 4.69) is 18.2 Å². The molecule has 18 heavy (non-hydrogen) atoms. The first-order chi connectivity index (χ1) is 8.83. The van der Waals surface area contributed by atoms with Crippen LogP contribution in [-0.2, 0) is 0 Å². The Balaban J connectivity index is 1.75. The average Bonchev–Trinajstić information content (AvgIpc) is 2.86. The number of hydrogen-bond donors (Lipinski definition) is 1. The molecular formula is C17H20O. The van der Waals surface area contributed by atoms with Crippen molar-refractivity contribution in [3.63, 3.8) is 0 Å². The molecule has 0 radical (unpaired) electrons. The van der Waals surface area contributed by atoms with Gasteiger partial charge in [0.15, 0.2) is 0 Å². The van der Waals surface area contributed by atoms with Crippen molar-refractivity contribution in [2.45, 2.75) is 38.0 Å². The molecule has 1 aromatic carbocycles. The van der Waals surface area contributed by atoms with Crippen molar-refractivity contribution in [3.8, 4) is 5.75 Å². The van der Waals surface area contributed by atoms with Crippen LogP contribution in [-0.4, -0.2) is 5.11 Å². The molecule has 1 aromatic rings. The molecule has 0 heterocycles. The summed E-state index contributed by atoms with van der Waals surface area (Å²) in [6.45, 7) is 0. The first-order valence-corrected chi connectivity index (χ1v) is 7.34. The van der Waals surface area contributed by atoms with Crippen LogP contribution in [0.4, 0.5) is 0 Å². The summed E-state index contributed by atoms with van der Waals surface area (Å²) in [6, 6.07) is 5.93. The van der Waals surface area contributed by atoms with Gasteiger partial charge in [-0.05, 0) is 66.2 Å². The fourth-order valence-corrected chi connectivity index (χ4v) is 4.71. The van der Waals surface area contributed by atoms with Gasteiger partial charge < -0.3 is 5.11 Å². The van der Waals surface area contributed by atoms with Gasteiger partial charge in [-0.1, -0.05) is 31.1 Å². The van der Waals surface area contributed by atoms with Crippen LogP contribution in [0.1, 0.15) is 49.1 Å². The van der Waals surface area contributed by atoms with Gasteiger partial charge in [-0.25, -0.2) is 0 Å². The Labute approximate surface area is 109 Å². The van der Waals surface area contributed by atoms with Crippen molar-refractivity contribution in [1.82, 2.24) is 0 Å². The number of rotatable bonds is 0. The van der Waals surface area contributed by atoms with E-state index in [1.807, 2.05) is 12.1 Å². The predicted octanol–water partition coefficient (Wildman–Crippen LogP) is 4.33. The molecule has 0 amide bonds. The van der Waals surface area contributed by atoms with Gasteiger partial charge in [-0.15, -0.1) is 0 Å². The standard InChI is InChI=1S/C17H20O/c18-13-6-9-15-12(10-13)5-8-16-14-3-1-2-11(14)4-7-17(15)16/h5-6,8-11,14,16-18H,1-4,7H2. The highest BCUT2D eigenvalue weighted by atomic mass is 16.3. The van der Waals surface area contributed by atoms with Gasteiger partial charge >= 0.3 is 0 Å². The van der Waals surface area contributed by atoms with E-state index in [4.69, 9.17) is 0 Å². The summed E-state index contributed by atoms with van der Waals surface area (Å²) in [7, 11) is 0. The Bertz CT molecular complexity index is 502. The summed E-state index contributed by atoms with van der Waals surface area (Å²) in [5.74, 6) is 3.80. The maximum absolute atomic E-state index is 9.60. The summed E-state index contributed by atoms with van der Waals surface area (Å²) in [6.07, 6.45) is 11.8. The minimum Gasteiger partial charge on any atom is -0.508 e. The van der Waals surface area contributed by atoms with Crippen molar-refractivity contribution < 1.29 is 5.11 Å². The highest BCUT2D eigenvalue weighted by molar-refractivity contribution is 5.60. The second-order valence-corrected chi connectivity index (χ2v) is 6.29. The summed E-state index contributed by atoms with van der Waals surface area (Å²) < 4.78 is 0. The third-order valence-corrected chi connectivity index (χ3v) is 5.49. The predicted molar refractivity (Wildman–Crippen MR) is 73.4 cm³/mol. The lowest BCUT2D eigenvalue weighted by Crippen LogP contribution is -2.31. The number of phenolic OH excluding ortho intramolecular Hbond substituents is 1. The lowest BCUT2D eigenvalue weighted by molar-refractivity contribution is 0.189. The molecule has 0 spiro atoms. The molecule has 2 fully saturated rings. The topological polar surface area (TPSA) is 20.2 Å². The fraction of sp³-hybridized carbons (Fsp3) is 0.529. The zero-order valence-corrected chi connectivity index (χ0v) is 10.7. The molecule has 4 unspecified atom stereocenters. The number of hydrogen-bond acceptors (Lipinski definition) is 1. The normalized spacial score (nSPS) is 36.9. The quantitative estimate of drug-likeness (QED) is 0.715. The lowest BCUT2D eigenvalue weighted by atomic mass is 9.63. The number of benzene rings is 1. The van der Waals surface area contributed by atoms with E-state index in [9.17, 15) is 5.11 Å².